The van der Waals surface area contributed by atoms with Crippen molar-refractivity contribution < 1.29 is 5.11 Å². The van der Waals surface area contributed by atoms with Gasteiger partial charge in [-0.05, 0) is 106 Å². The van der Waals surface area contributed by atoms with Crippen LogP contribution in [-0.2, 0) is 0 Å². The molecule has 0 saturated heterocycles. The smallest absolute Gasteiger partial charge is 0.0578 e. The molecule has 3 saturated carbocycles. The molecule has 156 valence electrons. The number of hydrogen-bond donors (Lipinski definition) is 1. The van der Waals surface area contributed by atoms with Crippen LogP contribution in [0.3, 0.4) is 0 Å². The molecule has 1 N–H and O–H groups in total. The highest BCUT2D eigenvalue weighted by molar-refractivity contribution is 5.38. The highest BCUT2D eigenvalue weighted by atomic mass is 16.3. The first kappa shape index (κ1) is 20.5. The SMILES string of the molecule is CC(C)=CCCC(C)C1CCC2C3=CC=C4CC(O)CCC4(C)C3CCC21C. The molecule has 0 aromatic rings. The molecule has 1 heteroatoms. The maximum atomic E-state index is 10.2. The molecule has 4 rings (SSSR count). The number of rotatable bonds is 4. The van der Waals surface area contributed by atoms with Crippen LogP contribution in [0.1, 0.15) is 92.4 Å². The van der Waals surface area contributed by atoms with Crippen molar-refractivity contribution in [2.45, 2.75) is 98.5 Å². The van der Waals surface area contributed by atoms with Crippen molar-refractivity contribution in [1.29, 1.82) is 0 Å². The zero-order chi connectivity index (χ0) is 20.1. The quantitative estimate of drug-likeness (QED) is 0.508. The molecule has 0 aromatic heterocycles. The molecule has 0 heterocycles. The van der Waals surface area contributed by atoms with Gasteiger partial charge in [0.2, 0.25) is 0 Å². The summed E-state index contributed by atoms with van der Waals surface area (Å²) in [6.45, 7) is 12.1. The highest BCUT2D eigenvalue weighted by Gasteiger charge is 2.56. The molecule has 7 unspecified atom stereocenters. The minimum absolute atomic E-state index is 0.111. The van der Waals surface area contributed by atoms with Gasteiger partial charge in [-0.15, -0.1) is 0 Å². The summed E-state index contributed by atoms with van der Waals surface area (Å²) in [6.07, 6.45) is 18.5. The standard InChI is InChI=1S/C27H42O/c1-18(2)7-6-8-19(3)23-11-12-24-22-10-9-20-17-21(28)13-15-26(20,4)25(22)14-16-27(23,24)5/h7,9-10,19,21,23-25,28H,6,8,11-17H2,1-5H3. The lowest BCUT2D eigenvalue weighted by Gasteiger charge is -2.55. The van der Waals surface area contributed by atoms with Crippen LogP contribution < -0.4 is 0 Å². The Morgan fingerprint density at radius 3 is 2.64 bits per heavy atom. The molecule has 4 aliphatic carbocycles. The summed E-state index contributed by atoms with van der Waals surface area (Å²) in [5.74, 6) is 3.25. The summed E-state index contributed by atoms with van der Waals surface area (Å²) >= 11 is 0. The fourth-order valence-corrected chi connectivity index (χ4v) is 7.79. The summed E-state index contributed by atoms with van der Waals surface area (Å²) in [5, 5.41) is 10.2. The second-order valence-corrected chi connectivity index (χ2v) is 11.3. The number of aliphatic hydroxyl groups excluding tert-OH is 1. The van der Waals surface area contributed by atoms with Crippen LogP contribution in [0.15, 0.2) is 34.9 Å². The molecule has 0 bridgehead atoms. The summed E-state index contributed by atoms with van der Waals surface area (Å²) in [7, 11) is 0. The van der Waals surface area contributed by atoms with E-state index in [4.69, 9.17) is 0 Å². The number of allylic oxidation sites excluding steroid dienone is 5. The number of aliphatic hydroxyl groups is 1. The third-order valence-electron chi connectivity index (χ3n) is 9.48. The second kappa shape index (κ2) is 7.46. The molecule has 7 atom stereocenters. The van der Waals surface area contributed by atoms with Crippen molar-refractivity contribution in [3.05, 3.63) is 34.9 Å². The number of hydrogen-bond acceptors (Lipinski definition) is 1. The van der Waals surface area contributed by atoms with Crippen LogP contribution in [0.5, 0.6) is 0 Å². The predicted molar refractivity (Wildman–Crippen MR) is 119 cm³/mol. The molecule has 1 nitrogen and oxygen atoms in total. The molecule has 0 aliphatic heterocycles. The Balaban J connectivity index is 1.55. The average molecular weight is 383 g/mol. The van der Waals surface area contributed by atoms with Crippen LogP contribution >= 0.6 is 0 Å². The molecule has 3 fully saturated rings. The molecule has 0 radical (unpaired) electrons. The Morgan fingerprint density at radius 2 is 1.89 bits per heavy atom. The van der Waals surface area contributed by atoms with Crippen molar-refractivity contribution in [3.63, 3.8) is 0 Å². The van der Waals surface area contributed by atoms with E-state index in [1.54, 1.807) is 5.57 Å². The first-order chi connectivity index (χ1) is 13.3. The van der Waals surface area contributed by atoms with E-state index < -0.39 is 0 Å². The van der Waals surface area contributed by atoms with E-state index in [0.717, 1.165) is 36.5 Å². The average Bonchev–Trinajstić information content (AvgIpc) is 2.99. The van der Waals surface area contributed by atoms with Gasteiger partial charge < -0.3 is 5.11 Å². The number of fused-ring (bicyclic) bond motifs is 5. The second-order valence-electron chi connectivity index (χ2n) is 11.3. The van der Waals surface area contributed by atoms with Gasteiger partial charge in [0.05, 0.1) is 6.10 Å². The maximum absolute atomic E-state index is 10.2. The minimum Gasteiger partial charge on any atom is -0.393 e. The van der Waals surface area contributed by atoms with Gasteiger partial charge in [0.15, 0.2) is 0 Å². The van der Waals surface area contributed by atoms with E-state index in [-0.39, 0.29) is 6.10 Å². The topological polar surface area (TPSA) is 20.2 Å². The van der Waals surface area contributed by atoms with Gasteiger partial charge in [-0.25, -0.2) is 0 Å². The molecule has 0 aromatic carbocycles. The van der Waals surface area contributed by atoms with Gasteiger partial charge in [-0.3, -0.25) is 0 Å². The Bertz CT molecular complexity index is 693. The van der Waals surface area contributed by atoms with Crippen molar-refractivity contribution >= 4 is 0 Å². The van der Waals surface area contributed by atoms with Crippen LogP contribution in [-0.4, -0.2) is 11.2 Å². The first-order valence-corrected chi connectivity index (χ1v) is 12.0. The van der Waals surface area contributed by atoms with Crippen LogP contribution in [0, 0.1) is 34.5 Å². The lowest BCUT2D eigenvalue weighted by atomic mass is 9.50. The van der Waals surface area contributed by atoms with E-state index >= 15 is 0 Å². The zero-order valence-electron chi connectivity index (χ0n) is 18.9. The van der Waals surface area contributed by atoms with Crippen molar-refractivity contribution in [2.24, 2.45) is 34.5 Å². The Labute approximate surface area is 173 Å². The fourth-order valence-electron chi connectivity index (χ4n) is 7.79. The van der Waals surface area contributed by atoms with Gasteiger partial charge in [0.25, 0.3) is 0 Å². The molecular formula is C27H42O. The zero-order valence-corrected chi connectivity index (χ0v) is 18.9. The summed E-state index contributed by atoms with van der Waals surface area (Å²) in [4.78, 5) is 0. The van der Waals surface area contributed by atoms with E-state index in [1.807, 2.05) is 0 Å². The summed E-state index contributed by atoms with van der Waals surface area (Å²) in [5.41, 5.74) is 5.60. The van der Waals surface area contributed by atoms with Crippen LogP contribution in [0.4, 0.5) is 0 Å². The van der Waals surface area contributed by atoms with Gasteiger partial charge in [-0.1, -0.05) is 55.7 Å². The Morgan fingerprint density at radius 1 is 1.11 bits per heavy atom. The minimum atomic E-state index is -0.111. The van der Waals surface area contributed by atoms with E-state index in [0.29, 0.717) is 10.8 Å². The van der Waals surface area contributed by atoms with Gasteiger partial charge in [0, 0.05) is 0 Å². The molecule has 0 amide bonds. The van der Waals surface area contributed by atoms with Crippen molar-refractivity contribution in [1.82, 2.24) is 0 Å². The van der Waals surface area contributed by atoms with E-state index in [2.05, 4.69) is 52.8 Å². The third-order valence-corrected chi connectivity index (χ3v) is 9.48. The van der Waals surface area contributed by atoms with Gasteiger partial charge in [0.1, 0.15) is 0 Å². The van der Waals surface area contributed by atoms with Crippen LogP contribution in [0.25, 0.3) is 0 Å². The predicted octanol–water partition coefficient (Wildman–Crippen LogP) is 7.23. The van der Waals surface area contributed by atoms with E-state index in [9.17, 15) is 5.11 Å². The van der Waals surface area contributed by atoms with Crippen LogP contribution in [0.2, 0.25) is 0 Å². The maximum Gasteiger partial charge on any atom is 0.0578 e. The Kier molecular flexibility index (Phi) is 5.45. The van der Waals surface area contributed by atoms with Gasteiger partial charge >= 0.3 is 0 Å². The third kappa shape index (κ3) is 3.26. The highest BCUT2D eigenvalue weighted by Crippen LogP contribution is 2.66. The molecule has 0 spiro atoms. The fraction of sp³-hybridized carbons (Fsp3) is 0.778. The summed E-state index contributed by atoms with van der Waals surface area (Å²) in [6, 6.07) is 0. The van der Waals surface area contributed by atoms with Crippen molar-refractivity contribution in [3.8, 4) is 0 Å². The summed E-state index contributed by atoms with van der Waals surface area (Å²) < 4.78 is 0. The normalized spacial score (nSPS) is 43.2. The monoisotopic (exact) mass is 382 g/mol. The molecule has 28 heavy (non-hydrogen) atoms. The lowest BCUT2D eigenvalue weighted by molar-refractivity contribution is 0.0328. The first-order valence-electron chi connectivity index (χ1n) is 12.0. The van der Waals surface area contributed by atoms with Crippen molar-refractivity contribution in [2.75, 3.05) is 0 Å². The molecule has 4 aliphatic rings. The Hall–Kier alpha value is -0.820. The van der Waals surface area contributed by atoms with Gasteiger partial charge in [-0.2, -0.15) is 0 Å². The lowest BCUT2D eigenvalue weighted by Crippen LogP contribution is -2.46. The molecular weight excluding hydrogens is 340 g/mol. The van der Waals surface area contributed by atoms with E-state index in [1.165, 1.54) is 56.1 Å². The largest absolute Gasteiger partial charge is 0.393 e.